The van der Waals surface area contributed by atoms with Gasteiger partial charge in [-0.15, -0.1) is 0 Å². The van der Waals surface area contributed by atoms with Gasteiger partial charge in [0.1, 0.15) is 0 Å². The molecule has 0 radical (unpaired) electrons. The number of aliphatic hydroxyl groups is 1. The van der Waals surface area contributed by atoms with E-state index < -0.39 is 5.60 Å². The number of nitrogens with one attached hydrogen (secondary N) is 1. The maximum absolute atomic E-state index is 9.55. The second-order valence-corrected chi connectivity index (χ2v) is 6.32. The van der Waals surface area contributed by atoms with Gasteiger partial charge in [-0.25, -0.2) is 0 Å². The van der Waals surface area contributed by atoms with E-state index in [1.165, 1.54) is 12.8 Å². The van der Waals surface area contributed by atoms with Gasteiger partial charge in [0.15, 0.2) is 0 Å². The summed E-state index contributed by atoms with van der Waals surface area (Å²) in [5, 5.41) is 13.1. The van der Waals surface area contributed by atoms with Gasteiger partial charge in [0.2, 0.25) is 0 Å². The van der Waals surface area contributed by atoms with Gasteiger partial charge < -0.3 is 15.2 Å². The van der Waals surface area contributed by atoms with Crippen molar-refractivity contribution in [3.63, 3.8) is 0 Å². The summed E-state index contributed by atoms with van der Waals surface area (Å²) in [4.78, 5) is 0. The van der Waals surface area contributed by atoms with Gasteiger partial charge in [0.05, 0.1) is 12.2 Å². The van der Waals surface area contributed by atoms with Crippen LogP contribution >= 0.6 is 11.8 Å². The van der Waals surface area contributed by atoms with Crippen LogP contribution < -0.4 is 5.32 Å². The van der Waals surface area contributed by atoms with Gasteiger partial charge in [-0.2, -0.15) is 11.8 Å². The molecular weight excluding hydrogens is 222 g/mol. The van der Waals surface area contributed by atoms with E-state index in [0.717, 1.165) is 30.6 Å². The molecule has 1 unspecified atom stereocenters. The Labute approximate surface area is 103 Å². The summed E-state index contributed by atoms with van der Waals surface area (Å²) in [6.07, 6.45) is 2.69. The zero-order valence-electron chi connectivity index (χ0n) is 10.7. The molecule has 1 fully saturated rings. The molecule has 0 aromatic rings. The van der Waals surface area contributed by atoms with Gasteiger partial charge in [0.25, 0.3) is 0 Å². The number of methoxy groups -OCH3 is 1. The normalized spacial score (nSPS) is 18.8. The standard InChI is InChI=1S/C12H25NO2S/c1-12(2,14)9-16-7-6-13-11(8-15-3)10-4-5-10/h10-11,13-14H,4-9H2,1-3H3. The Kier molecular flexibility index (Phi) is 6.11. The molecule has 0 bridgehead atoms. The minimum atomic E-state index is -0.549. The van der Waals surface area contributed by atoms with Crippen LogP contribution in [0.2, 0.25) is 0 Å². The molecule has 1 aliphatic rings. The summed E-state index contributed by atoms with van der Waals surface area (Å²) >= 11 is 1.80. The Morgan fingerprint density at radius 1 is 1.50 bits per heavy atom. The Balaban J connectivity index is 2.00. The highest BCUT2D eigenvalue weighted by molar-refractivity contribution is 7.99. The quantitative estimate of drug-likeness (QED) is 0.606. The molecule has 1 aliphatic carbocycles. The lowest BCUT2D eigenvalue weighted by atomic mass is 10.2. The molecule has 2 N–H and O–H groups in total. The van der Waals surface area contributed by atoms with Crippen LogP contribution in [0.4, 0.5) is 0 Å². The van der Waals surface area contributed by atoms with Gasteiger partial charge in [-0.1, -0.05) is 0 Å². The molecule has 3 nitrogen and oxygen atoms in total. The fourth-order valence-corrected chi connectivity index (χ4v) is 2.58. The van der Waals surface area contributed by atoms with Gasteiger partial charge in [-0.05, 0) is 32.6 Å². The molecular formula is C12H25NO2S. The highest BCUT2D eigenvalue weighted by Crippen LogP contribution is 2.32. The topological polar surface area (TPSA) is 41.5 Å². The first-order valence-electron chi connectivity index (χ1n) is 6.05. The summed E-state index contributed by atoms with van der Waals surface area (Å²) in [6, 6.07) is 0.535. The van der Waals surface area contributed by atoms with Crippen molar-refractivity contribution in [1.29, 1.82) is 0 Å². The van der Waals surface area contributed by atoms with Crippen molar-refractivity contribution in [3.8, 4) is 0 Å². The number of hydrogen-bond acceptors (Lipinski definition) is 4. The van der Waals surface area contributed by atoms with E-state index in [4.69, 9.17) is 4.74 Å². The van der Waals surface area contributed by atoms with Crippen LogP contribution in [0.15, 0.2) is 0 Å². The van der Waals surface area contributed by atoms with Crippen LogP contribution in [0.1, 0.15) is 26.7 Å². The molecule has 4 heteroatoms. The molecule has 0 amide bonds. The van der Waals surface area contributed by atoms with Crippen LogP contribution in [-0.2, 0) is 4.74 Å². The van der Waals surface area contributed by atoms with Crippen LogP contribution in [0, 0.1) is 5.92 Å². The van der Waals surface area contributed by atoms with E-state index in [9.17, 15) is 5.11 Å². The molecule has 0 aromatic carbocycles. The highest BCUT2D eigenvalue weighted by Gasteiger charge is 2.30. The van der Waals surface area contributed by atoms with Crippen LogP contribution in [0.25, 0.3) is 0 Å². The third-order valence-corrected chi connectivity index (χ3v) is 4.05. The molecule has 1 rings (SSSR count). The van der Waals surface area contributed by atoms with Crippen molar-refractivity contribution in [2.45, 2.75) is 38.3 Å². The summed E-state index contributed by atoms with van der Waals surface area (Å²) in [5.41, 5.74) is -0.549. The van der Waals surface area contributed by atoms with Crippen molar-refractivity contribution in [2.75, 3.05) is 31.8 Å². The van der Waals surface area contributed by atoms with E-state index in [2.05, 4.69) is 5.32 Å². The highest BCUT2D eigenvalue weighted by atomic mass is 32.2. The second-order valence-electron chi connectivity index (χ2n) is 5.22. The summed E-state index contributed by atoms with van der Waals surface area (Å²) in [6.45, 7) is 5.53. The first-order chi connectivity index (χ1) is 7.53. The van der Waals surface area contributed by atoms with Crippen molar-refractivity contribution >= 4 is 11.8 Å². The number of thioether (sulfide) groups is 1. The van der Waals surface area contributed by atoms with Crippen molar-refractivity contribution in [2.24, 2.45) is 5.92 Å². The molecule has 1 atom stereocenters. The Morgan fingerprint density at radius 3 is 2.69 bits per heavy atom. The van der Waals surface area contributed by atoms with Gasteiger partial charge in [-0.3, -0.25) is 0 Å². The minimum absolute atomic E-state index is 0.535. The minimum Gasteiger partial charge on any atom is -0.390 e. The monoisotopic (exact) mass is 247 g/mol. The van der Waals surface area contributed by atoms with Crippen LogP contribution in [0.5, 0.6) is 0 Å². The number of hydrogen-bond donors (Lipinski definition) is 2. The largest absolute Gasteiger partial charge is 0.390 e. The second kappa shape index (κ2) is 6.84. The van der Waals surface area contributed by atoms with Crippen molar-refractivity contribution < 1.29 is 9.84 Å². The van der Waals surface area contributed by atoms with E-state index >= 15 is 0 Å². The van der Waals surface area contributed by atoms with E-state index in [-0.39, 0.29) is 0 Å². The SMILES string of the molecule is COCC(NCCSCC(C)(C)O)C1CC1. The zero-order chi connectivity index (χ0) is 12.0. The van der Waals surface area contributed by atoms with E-state index in [0.29, 0.717) is 6.04 Å². The zero-order valence-corrected chi connectivity index (χ0v) is 11.5. The number of ether oxygens (including phenoxy) is 1. The molecule has 0 aromatic heterocycles. The molecule has 16 heavy (non-hydrogen) atoms. The molecule has 1 saturated carbocycles. The van der Waals surface area contributed by atoms with Gasteiger partial charge in [0, 0.05) is 31.2 Å². The first kappa shape index (κ1) is 14.3. The summed E-state index contributed by atoms with van der Waals surface area (Å²) in [7, 11) is 1.76. The maximum Gasteiger partial charge on any atom is 0.0681 e. The Morgan fingerprint density at radius 2 is 2.19 bits per heavy atom. The van der Waals surface area contributed by atoms with Gasteiger partial charge >= 0.3 is 0 Å². The summed E-state index contributed by atoms with van der Waals surface area (Å²) in [5.74, 6) is 2.68. The third-order valence-electron chi connectivity index (χ3n) is 2.65. The van der Waals surface area contributed by atoms with Crippen LogP contribution in [0.3, 0.4) is 0 Å². The maximum atomic E-state index is 9.55. The number of rotatable bonds is 9. The van der Waals surface area contributed by atoms with E-state index in [1.807, 2.05) is 13.8 Å². The summed E-state index contributed by atoms with van der Waals surface area (Å²) < 4.78 is 5.21. The Hall–Kier alpha value is 0.230. The molecule has 96 valence electrons. The van der Waals surface area contributed by atoms with Crippen molar-refractivity contribution in [1.82, 2.24) is 5.32 Å². The Bertz CT molecular complexity index is 190. The smallest absolute Gasteiger partial charge is 0.0681 e. The van der Waals surface area contributed by atoms with Crippen molar-refractivity contribution in [3.05, 3.63) is 0 Å². The predicted octanol–water partition coefficient (Wildman–Crippen LogP) is 1.51. The lowest BCUT2D eigenvalue weighted by Crippen LogP contribution is -2.36. The third kappa shape index (κ3) is 6.74. The average Bonchev–Trinajstić information content (AvgIpc) is 2.97. The average molecular weight is 247 g/mol. The molecule has 0 heterocycles. The lowest BCUT2D eigenvalue weighted by Gasteiger charge is -2.19. The van der Waals surface area contributed by atoms with E-state index in [1.54, 1.807) is 18.9 Å². The molecule has 0 spiro atoms. The fourth-order valence-electron chi connectivity index (χ4n) is 1.68. The lowest BCUT2D eigenvalue weighted by molar-refractivity contribution is 0.107. The molecule has 0 aliphatic heterocycles. The first-order valence-corrected chi connectivity index (χ1v) is 7.21. The van der Waals surface area contributed by atoms with Crippen LogP contribution in [-0.4, -0.2) is 48.5 Å². The predicted molar refractivity (Wildman–Crippen MR) is 70.0 cm³/mol. The molecule has 0 saturated heterocycles. The fraction of sp³-hybridized carbons (Fsp3) is 1.00.